The van der Waals surface area contributed by atoms with E-state index in [2.05, 4.69) is 6.92 Å². The van der Waals surface area contributed by atoms with Crippen LogP contribution in [-0.2, 0) is 11.2 Å². The Hall–Kier alpha value is -1.71. The van der Waals surface area contributed by atoms with Crippen molar-refractivity contribution in [3.8, 4) is 11.5 Å². The van der Waals surface area contributed by atoms with Gasteiger partial charge in [-0.25, -0.2) is 0 Å². The molecule has 4 nitrogen and oxygen atoms in total. The molecule has 1 aliphatic heterocycles. The van der Waals surface area contributed by atoms with Crippen molar-refractivity contribution >= 4 is 5.91 Å². The Balaban J connectivity index is 2.04. The van der Waals surface area contributed by atoms with Gasteiger partial charge in [0.2, 0.25) is 12.7 Å². The predicted molar refractivity (Wildman–Crippen MR) is 78.0 cm³/mol. The summed E-state index contributed by atoms with van der Waals surface area (Å²) in [5, 5.41) is 0. The van der Waals surface area contributed by atoms with Gasteiger partial charge in [-0.15, -0.1) is 0 Å². The molecule has 0 spiro atoms. The summed E-state index contributed by atoms with van der Waals surface area (Å²) in [5.41, 5.74) is 0.799. The molecule has 0 radical (unpaired) electrons. The molecular formula is C16H23NO3. The number of hydrogen-bond donors (Lipinski definition) is 0. The van der Waals surface area contributed by atoms with E-state index in [1.807, 2.05) is 50.9 Å². The molecule has 1 unspecified atom stereocenters. The highest BCUT2D eigenvalue weighted by Crippen LogP contribution is 2.33. The molecule has 4 heteroatoms. The normalized spacial score (nSPS) is 15.1. The average molecular weight is 277 g/mol. The van der Waals surface area contributed by atoms with E-state index < -0.39 is 0 Å². The summed E-state index contributed by atoms with van der Waals surface area (Å²) in [4.78, 5) is 14.1. The van der Waals surface area contributed by atoms with Crippen LogP contribution in [0, 0.1) is 5.41 Å². The molecule has 1 heterocycles. The number of likely N-dealkylation sites (N-methyl/N-ethyl adjacent to an activating group) is 1. The highest BCUT2D eigenvalue weighted by Gasteiger charge is 2.27. The van der Waals surface area contributed by atoms with Crippen LogP contribution in [0.3, 0.4) is 0 Å². The van der Waals surface area contributed by atoms with Crippen LogP contribution >= 0.6 is 0 Å². The van der Waals surface area contributed by atoms with Crippen LogP contribution < -0.4 is 9.47 Å². The first kappa shape index (κ1) is 14.7. The summed E-state index contributed by atoms with van der Waals surface area (Å²) in [6, 6.07) is 6.09. The van der Waals surface area contributed by atoms with Crippen LogP contribution in [0.4, 0.5) is 0 Å². The van der Waals surface area contributed by atoms with Gasteiger partial charge in [-0.05, 0) is 31.0 Å². The Morgan fingerprint density at radius 2 is 1.95 bits per heavy atom. The molecule has 2 rings (SSSR count). The molecule has 0 aliphatic carbocycles. The zero-order valence-corrected chi connectivity index (χ0v) is 12.9. The second kappa shape index (κ2) is 5.35. The van der Waals surface area contributed by atoms with E-state index in [0.29, 0.717) is 0 Å². The maximum atomic E-state index is 12.3. The van der Waals surface area contributed by atoms with Crippen molar-refractivity contribution in [1.82, 2.24) is 4.90 Å². The lowest BCUT2D eigenvalue weighted by Crippen LogP contribution is -2.42. The van der Waals surface area contributed by atoms with Crippen molar-refractivity contribution < 1.29 is 14.3 Å². The van der Waals surface area contributed by atoms with E-state index in [0.717, 1.165) is 23.5 Å². The Kier molecular flexibility index (Phi) is 3.93. The minimum absolute atomic E-state index is 0.141. The van der Waals surface area contributed by atoms with Gasteiger partial charge in [0.25, 0.3) is 0 Å². The summed E-state index contributed by atoms with van der Waals surface area (Å²) < 4.78 is 10.7. The lowest BCUT2D eigenvalue weighted by atomic mass is 9.93. The second-order valence-corrected chi connectivity index (χ2v) is 6.41. The fourth-order valence-electron chi connectivity index (χ4n) is 2.28. The Bertz CT molecular complexity index is 505. The molecule has 1 aromatic rings. The second-order valence-electron chi connectivity index (χ2n) is 6.41. The number of amides is 1. The van der Waals surface area contributed by atoms with E-state index in [1.54, 1.807) is 0 Å². The Morgan fingerprint density at radius 3 is 2.60 bits per heavy atom. The number of carbonyl (C=O) groups excluding carboxylic acids is 1. The fourth-order valence-corrected chi connectivity index (χ4v) is 2.28. The molecule has 110 valence electrons. The van der Waals surface area contributed by atoms with Gasteiger partial charge < -0.3 is 14.4 Å². The number of fused-ring (bicyclic) bond motifs is 1. The monoisotopic (exact) mass is 277 g/mol. The van der Waals surface area contributed by atoms with Gasteiger partial charge in [0, 0.05) is 18.5 Å². The first-order chi connectivity index (χ1) is 9.29. The van der Waals surface area contributed by atoms with Crippen molar-refractivity contribution in [2.24, 2.45) is 5.41 Å². The van der Waals surface area contributed by atoms with E-state index in [-0.39, 0.29) is 24.2 Å². The van der Waals surface area contributed by atoms with Gasteiger partial charge in [-0.1, -0.05) is 26.8 Å². The third-order valence-electron chi connectivity index (χ3n) is 3.59. The lowest BCUT2D eigenvalue weighted by molar-refractivity contribution is -0.139. The van der Waals surface area contributed by atoms with Crippen LogP contribution in [0.15, 0.2) is 18.2 Å². The van der Waals surface area contributed by atoms with E-state index in [9.17, 15) is 4.79 Å². The van der Waals surface area contributed by atoms with Gasteiger partial charge >= 0.3 is 0 Å². The third-order valence-corrected chi connectivity index (χ3v) is 3.59. The number of nitrogens with zero attached hydrogens (tertiary/aromatic N) is 1. The summed E-state index contributed by atoms with van der Waals surface area (Å²) in [6.45, 7) is 8.18. The topological polar surface area (TPSA) is 38.8 Å². The standard InChI is InChI=1S/C16H23NO3/c1-11(17(5)15(18)16(2,3)4)8-12-6-7-13-14(9-12)20-10-19-13/h6-7,9,11H,8,10H2,1-5H3. The quantitative estimate of drug-likeness (QED) is 0.852. The van der Waals surface area contributed by atoms with Crippen molar-refractivity contribution in [3.63, 3.8) is 0 Å². The van der Waals surface area contributed by atoms with Crippen LogP contribution in [0.2, 0.25) is 0 Å². The Morgan fingerprint density at radius 1 is 1.30 bits per heavy atom. The first-order valence-electron chi connectivity index (χ1n) is 6.95. The maximum Gasteiger partial charge on any atom is 0.231 e. The molecule has 1 aromatic carbocycles. The van der Waals surface area contributed by atoms with Crippen LogP contribution in [0.5, 0.6) is 11.5 Å². The molecule has 0 aromatic heterocycles. The molecule has 1 atom stereocenters. The number of hydrogen-bond acceptors (Lipinski definition) is 3. The number of benzene rings is 1. The number of carbonyl (C=O) groups is 1. The van der Waals surface area contributed by atoms with Gasteiger partial charge in [-0.2, -0.15) is 0 Å². The smallest absolute Gasteiger partial charge is 0.231 e. The molecule has 0 saturated heterocycles. The zero-order chi connectivity index (χ0) is 14.9. The molecule has 0 saturated carbocycles. The molecule has 1 amide bonds. The van der Waals surface area contributed by atoms with Crippen LogP contribution in [0.1, 0.15) is 33.3 Å². The SMILES string of the molecule is CC(Cc1ccc2c(c1)OCO2)N(C)C(=O)C(C)(C)C. The van der Waals surface area contributed by atoms with Crippen molar-refractivity contribution in [3.05, 3.63) is 23.8 Å². The van der Waals surface area contributed by atoms with E-state index in [1.165, 1.54) is 0 Å². The molecule has 0 N–H and O–H groups in total. The third kappa shape index (κ3) is 3.06. The van der Waals surface area contributed by atoms with E-state index in [4.69, 9.17) is 9.47 Å². The average Bonchev–Trinajstić information content (AvgIpc) is 2.83. The van der Waals surface area contributed by atoms with Crippen LogP contribution in [0.25, 0.3) is 0 Å². The highest BCUT2D eigenvalue weighted by molar-refractivity contribution is 5.81. The van der Waals surface area contributed by atoms with Crippen LogP contribution in [-0.4, -0.2) is 30.7 Å². The lowest BCUT2D eigenvalue weighted by Gasteiger charge is -2.31. The van der Waals surface area contributed by atoms with Gasteiger partial charge in [0.05, 0.1) is 0 Å². The minimum Gasteiger partial charge on any atom is -0.454 e. The molecule has 0 fully saturated rings. The largest absolute Gasteiger partial charge is 0.454 e. The maximum absolute atomic E-state index is 12.3. The fraction of sp³-hybridized carbons (Fsp3) is 0.562. The van der Waals surface area contributed by atoms with Gasteiger partial charge in [0.1, 0.15) is 0 Å². The first-order valence-corrected chi connectivity index (χ1v) is 6.95. The van der Waals surface area contributed by atoms with Gasteiger partial charge in [-0.3, -0.25) is 4.79 Å². The van der Waals surface area contributed by atoms with E-state index >= 15 is 0 Å². The van der Waals surface area contributed by atoms with Crippen molar-refractivity contribution in [1.29, 1.82) is 0 Å². The minimum atomic E-state index is -0.349. The summed E-state index contributed by atoms with van der Waals surface area (Å²) >= 11 is 0. The molecular weight excluding hydrogens is 254 g/mol. The number of rotatable bonds is 3. The predicted octanol–water partition coefficient (Wildman–Crippen LogP) is 2.85. The number of ether oxygens (including phenoxy) is 2. The molecule has 1 aliphatic rings. The zero-order valence-electron chi connectivity index (χ0n) is 12.9. The summed E-state index contributed by atoms with van der Waals surface area (Å²) in [5.74, 6) is 1.74. The van der Waals surface area contributed by atoms with Crippen molar-refractivity contribution in [2.45, 2.75) is 40.2 Å². The van der Waals surface area contributed by atoms with Gasteiger partial charge in [0.15, 0.2) is 11.5 Å². The molecule has 20 heavy (non-hydrogen) atoms. The highest BCUT2D eigenvalue weighted by atomic mass is 16.7. The summed E-state index contributed by atoms with van der Waals surface area (Å²) in [6.07, 6.45) is 0.801. The Labute approximate surface area is 120 Å². The summed E-state index contributed by atoms with van der Waals surface area (Å²) in [7, 11) is 1.87. The molecule has 0 bridgehead atoms. The van der Waals surface area contributed by atoms with Crippen molar-refractivity contribution in [2.75, 3.05) is 13.8 Å².